The first-order valence-corrected chi connectivity index (χ1v) is 11.6. The molecular weight excluding hydrogens is 366 g/mol. The van der Waals surface area contributed by atoms with Crippen molar-refractivity contribution in [3.63, 3.8) is 0 Å². The van der Waals surface area contributed by atoms with Crippen molar-refractivity contribution in [3.8, 4) is 5.75 Å². The highest BCUT2D eigenvalue weighted by atomic mass is 16.8. The molecule has 5 heteroatoms. The van der Waals surface area contributed by atoms with E-state index in [1.165, 1.54) is 49.7 Å². The molecule has 5 rings (SSSR count). The van der Waals surface area contributed by atoms with E-state index in [1.807, 2.05) is 6.07 Å². The van der Waals surface area contributed by atoms with Gasteiger partial charge < -0.3 is 19.5 Å². The molecule has 0 unspecified atom stereocenters. The predicted octanol–water partition coefficient (Wildman–Crippen LogP) is 4.85. The fourth-order valence-electron chi connectivity index (χ4n) is 6.49. The Hall–Kier alpha value is -1.75. The lowest BCUT2D eigenvalue weighted by atomic mass is 9.53. The van der Waals surface area contributed by atoms with Crippen LogP contribution in [0.15, 0.2) is 18.2 Å². The van der Waals surface area contributed by atoms with Crippen molar-refractivity contribution in [3.05, 3.63) is 29.3 Å². The highest BCUT2D eigenvalue weighted by molar-refractivity contribution is 5.60. The largest absolute Gasteiger partial charge is 0.511 e. The quantitative estimate of drug-likeness (QED) is 0.579. The summed E-state index contributed by atoms with van der Waals surface area (Å²) in [6.07, 6.45) is 12.4. The number of carbonyl (C=O) groups excluding carboxylic acids is 1. The molecule has 3 aliphatic carbocycles. The third-order valence-electron chi connectivity index (χ3n) is 7.84. The molecule has 5 nitrogen and oxygen atoms in total. The third kappa shape index (κ3) is 3.74. The molecule has 0 aromatic heterocycles. The predicted molar refractivity (Wildman–Crippen MR) is 110 cm³/mol. The third-order valence-corrected chi connectivity index (χ3v) is 7.84. The summed E-state index contributed by atoms with van der Waals surface area (Å²) in [5, 5.41) is 3.78. The maximum absolute atomic E-state index is 11.9. The number of hydrogen-bond acceptors (Lipinski definition) is 5. The molecule has 1 aromatic rings. The smallest absolute Gasteiger partial charge is 0.457 e. The van der Waals surface area contributed by atoms with Gasteiger partial charge in [-0.25, -0.2) is 4.79 Å². The van der Waals surface area contributed by atoms with Crippen LogP contribution in [0.2, 0.25) is 0 Å². The fourth-order valence-corrected chi connectivity index (χ4v) is 6.49. The van der Waals surface area contributed by atoms with Gasteiger partial charge in [-0.2, -0.15) is 0 Å². The first-order valence-electron chi connectivity index (χ1n) is 11.6. The molecule has 0 radical (unpaired) electrons. The number of rotatable bonds is 4. The van der Waals surface area contributed by atoms with Gasteiger partial charge in [0.05, 0.1) is 0 Å². The van der Waals surface area contributed by atoms with Gasteiger partial charge >= 0.3 is 6.16 Å². The van der Waals surface area contributed by atoms with Crippen molar-refractivity contribution < 1.29 is 19.0 Å². The van der Waals surface area contributed by atoms with Crippen molar-refractivity contribution >= 4 is 6.16 Å². The summed E-state index contributed by atoms with van der Waals surface area (Å²) in [6, 6.07) is 7.09. The zero-order valence-corrected chi connectivity index (χ0v) is 17.3. The molecule has 2 saturated carbocycles. The number of benzene rings is 1. The minimum atomic E-state index is -0.609. The van der Waals surface area contributed by atoms with E-state index in [1.54, 1.807) is 0 Å². The molecule has 1 saturated heterocycles. The van der Waals surface area contributed by atoms with Gasteiger partial charge in [-0.15, -0.1) is 0 Å². The standard InChI is InChI=1S/C24H33NO4/c26-23(29-18-6-2-1-3-7-18)28-16-27-19-10-9-17-14-22-20-8-4-5-11-24(20,12-13-25-22)21(17)15-19/h9-10,15,18,20,22,25H,1-8,11-14,16H2/t20-,22+,24-/m1/s1. The van der Waals surface area contributed by atoms with Gasteiger partial charge in [0.1, 0.15) is 11.9 Å². The summed E-state index contributed by atoms with van der Waals surface area (Å²) in [4.78, 5) is 11.9. The maximum Gasteiger partial charge on any atom is 0.511 e. The second-order valence-electron chi connectivity index (χ2n) is 9.38. The number of ether oxygens (including phenoxy) is 3. The van der Waals surface area contributed by atoms with Crippen LogP contribution in [0.4, 0.5) is 4.79 Å². The van der Waals surface area contributed by atoms with Crippen LogP contribution < -0.4 is 10.1 Å². The second kappa shape index (κ2) is 8.17. The van der Waals surface area contributed by atoms with Crippen LogP contribution >= 0.6 is 0 Å². The summed E-state index contributed by atoms with van der Waals surface area (Å²) >= 11 is 0. The number of carbonyl (C=O) groups is 1. The van der Waals surface area contributed by atoms with E-state index in [4.69, 9.17) is 14.2 Å². The fraction of sp³-hybridized carbons (Fsp3) is 0.708. The highest BCUT2D eigenvalue weighted by Gasteiger charge is 2.51. The topological polar surface area (TPSA) is 56.8 Å². The maximum atomic E-state index is 11.9. The molecule has 3 fully saturated rings. The van der Waals surface area contributed by atoms with E-state index in [2.05, 4.69) is 17.4 Å². The van der Waals surface area contributed by atoms with E-state index in [0.717, 1.165) is 50.3 Å². The second-order valence-corrected chi connectivity index (χ2v) is 9.38. The average molecular weight is 400 g/mol. The first kappa shape index (κ1) is 19.2. The first-order chi connectivity index (χ1) is 14.2. The van der Waals surface area contributed by atoms with Gasteiger partial charge in [-0.1, -0.05) is 25.3 Å². The minimum Gasteiger partial charge on any atom is -0.457 e. The number of hydrogen-bond donors (Lipinski definition) is 1. The number of fused-ring (bicyclic) bond motifs is 1. The Morgan fingerprint density at radius 3 is 2.83 bits per heavy atom. The molecule has 1 aliphatic heterocycles. The van der Waals surface area contributed by atoms with Crippen molar-refractivity contribution in [1.82, 2.24) is 5.32 Å². The van der Waals surface area contributed by atoms with E-state index in [0.29, 0.717) is 11.5 Å². The summed E-state index contributed by atoms with van der Waals surface area (Å²) in [6.45, 7) is 1.02. The van der Waals surface area contributed by atoms with Crippen LogP contribution in [0.5, 0.6) is 5.75 Å². The molecule has 0 amide bonds. The highest BCUT2D eigenvalue weighted by Crippen LogP contribution is 2.54. The Labute approximate surface area is 173 Å². The molecule has 4 aliphatic rings. The number of nitrogens with one attached hydrogen (secondary N) is 1. The van der Waals surface area contributed by atoms with Crippen LogP contribution in [0.1, 0.15) is 75.3 Å². The van der Waals surface area contributed by atoms with Gasteiger partial charge in [0, 0.05) is 11.5 Å². The summed E-state index contributed by atoms with van der Waals surface area (Å²) in [5.41, 5.74) is 3.26. The van der Waals surface area contributed by atoms with E-state index in [9.17, 15) is 4.79 Å². The Bertz CT molecular complexity index is 740. The molecule has 158 valence electrons. The van der Waals surface area contributed by atoms with Gasteiger partial charge in [-0.05, 0) is 87.1 Å². The monoisotopic (exact) mass is 399 g/mol. The molecule has 29 heavy (non-hydrogen) atoms. The van der Waals surface area contributed by atoms with E-state index < -0.39 is 6.16 Å². The summed E-state index contributed by atoms with van der Waals surface area (Å²) in [5.74, 6) is 1.54. The molecule has 1 aromatic carbocycles. The summed E-state index contributed by atoms with van der Waals surface area (Å²) < 4.78 is 16.4. The van der Waals surface area contributed by atoms with Gasteiger partial charge in [0.15, 0.2) is 0 Å². The SMILES string of the molecule is O=C(OCOc1ccc2c(c1)[C@@]13CCCC[C@@H]1[C@H](C2)NCC3)OC1CCCCC1. The Morgan fingerprint density at radius 1 is 1.07 bits per heavy atom. The van der Waals surface area contributed by atoms with Crippen molar-refractivity contribution in [1.29, 1.82) is 0 Å². The van der Waals surface area contributed by atoms with Crippen molar-refractivity contribution in [2.24, 2.45) is 5.92 Å². The lowest BCUT2D eigenvalue weighted by Gasteiger charge is -2.56. The molecule has 1 heterocycles. The Kier molecular flexibility index (Phi) is 5.42. The molecule has 1 N–H and O–H groups in total. The average Bonchev–Trinajstić information content (AvgIpc) is 2.75. The lowest BCUT2D eigenvalue weighted by molar-refractivity contribution is -0.0226. The molecule has 2 bridgehead atoms. The summed E-state index contributed by atoms with van der Waals surface area (Å²) in [7, 11) is 0. The van der Waals surface area contributed by atoms with Crippen molar-refractivity contribution in [2.45, 2.75) is 88.2 Å². The van der Waals surface area contributed by atoms with Crippen LogP contribution in [-0.2, 0) is 21.3 Å². The van der Waals surface area contributed by atoms with Gasteiger partial charge in [0.2, 0.25) is 6.79 Å². The molecular formula is C24H33NO4. The number of piperidine rings is 1. The Morgan fingerprint density at radius 2 is 1.93 bits per heavy atom. The molecule has 3 atom stereocenters. The van der Waals surface area contributed by atoms with Gasteiger partial charge in [-0.3, -0.25) is 0 Å². The van der Waals surface area contributed by atoms with Crippen LogP contribution in [0.25, 0.3) is 0 Å². The lowest BCUT2D eigenvalue weighted by Crippen LogP contribution is -2.59. The zero-order valence-electron chi connectivity index (χ0n) is 17.3. The van der Waals surface area contributed by atoms with E-state index in [-0.39, 0.29) is 12.9 Å². The van der Waals surface area contributed by atoms with Crippen molar-refractivity contribution in [2.75, 3.05) is 13.3 Å². The zero-order chi connectivity index (χ0) is 19.7. The van der Waals surface area contributed by atoms with Gasteiger partial charge in [0.25, 0.3) is 0 Å². The van der Waals surface area contributed by atoms with Crippen LogP contribution in [0, 0.1) is 5.92 Å². The molecule has 0 spiro atoms. The minimum absolute atomic E-state index is 0.00943. The van der Waals surface area contributed by atoms with E-state index >= 15 is 0 Å². The Balaban J connectivity index is 1.23. The van der Waals surface area contributed by atoms with Crippen LogP contribution in [-0.4, -0.2) is 31.6 Å². The normalized spacial score (nSPS) is 31.3. The van der Waals surface area contributed by atoms with Crippen LogP contribution in [0.3, 0.4) is 0 Å².